The zero-order chi connectivity index (χ0) is 14.1. The first kappa shape index (κ1) is 13.4. The largest absolute Gasteiger partial charge is 0.312 e. The molecule has 0 fully saturated rings. The van der Waals surface area contributed by atoms with Crippen molar-refractivity contribution < 1.29 is 0 Å². The van der Waals surface area contributed by atoms with Crippen molar-refractivity contribution in [2.75, 3.05) is 7.05 Å². The van der Waals surface area contributed by atoms with E-state index in [1.165, 1.54) is 28.7 Å². The van der Waals surface area contributed by atoms with Gasteiger partial charge < -0.3 is 5.32 Å². The molecule has 0 heterocycles. The van der Waals surface area contributed by atoms with E-state index in [9.17, 15) is 0 Å². The summed E-state index contributed by atoms with van der Waals surface area (Å²) < 4.78 is 0. The number of benzene rings is 2. The van der Waals surface area contributed by atoms with Crippen LogP contribution in [0.1, 0.15) is 54.0 Å². The van der Waals surface area contributed by atoms with Gasteiger partial charge in [0.2, 0.25) is 0 Å². The molecule has 104 valence electrons. The SMILES string of the molecule is CNC(c1ccc(C(C)C)cc1)C1Cc2ccccc21. The molecule has 1 N–H and O–H groups in total. The van der Waals surface area contributed by atoms with E-state index in [1.807, 2.05) is 0 Å². The lowest BCUT2D eigenvalue weighted by Gasteiger charge is -2.37. The van der Waals surface area contributed by atoms with E-state index < -0.39 is 0 Å². The van der Waals surface area contributed by atoms with Crippen LogP contribution >= 0.6 is 0 Å². The molecule has 0 bridgehead atoms. The van der Waals surface area contributed by atoms with Crippen LogP contribution < -0.4 is 5.32 Å². The van der Waals surface area contributed by atoms with Gasteiger partial charge in [0.1, 0.15) is 0 Å². The van der Waals surface area contributed by atoms with Crippen LogP contribution in [-0.4, -0.2) is 7.05 Å². The number of likely N-dealkylation sites (N-methyl/N-ethyl adjacent to an activating group) is 1. The molecule has 0 amide bonds. The highest BCUT2D eigenvalue weighted by Crippen LogP contribution is 2.43. The van der Waals surface area contributed by atoms with E-state index in [2.05, 4.69) is 74.7 Å². The summed E-state index contributed by atoms with van der Waals surface area (Å²) in [6.07, 6.45) is 1.19. The summed E-state index contributed by atoms with van der Waals surface area (Å²) in [4.78, 5) is 0. The van der Waals surface area contributed by atoms with E-state index >= 15 is 0 Å². The van der Waals surface area contributed by atoms with Crippen LogP contribution in [0.5, 0.6) is 0 Å². The second kappa shape index (κ2) is 5.41. The normalized spacial score (nSPS) is 18.5. The van der Waals surface area contributed by atoms with Gasteiger partial charge in [-0.3, -0.25) is 0 Å². The number of nitrogens with one attached hydrogen (secondary N) is 1. The molecule has 1 aliphatic rings. The molecule has 20 heavy (non-hydrogen) atoms. The number of hydrogen-bond donors (Lipinski definition) is 1. The summed E-state index contributed by atoms with van der Waals surface area (Å²) in [6, 6.07) is 18.4. The van der Waals surface area contributed by atoms with Gasteiger partial charge in [-0.05, 0) is 41.6 Å². The average molecular weight is 265 g/mol. The third kappa shape index (κ3) is 2.27. The van der Waals surface area contributed by atoms with Crippen molar-refractivity contribution >= 4 is 0 Å². The van der Waals surface area contributed by atoms with Crippen LogP contribution in [0.4, 0.5) is 0 Å². The van der Waals surface area contributed by atoms with Crippen molar-refractivity contribution in [3.63, 3.8) is 0 Å². The number of fused-ring (bicyclic) bond motifs is 1. The van der Waals surface area contributed by atoms with Crippen molar-refractivity contribution in [1.82, 2.24) is 5.32 Å². The fraction of sp³-hybridized carbons (Fsp3) is 0.368. The lowest BCUT2D eigenvalue weighted by atomic mass is 9.71. The third-order valence-electron chi connectivity index (χ3n) is 4.57. The van der Waals surface area contributed by atoms with Crippen LogP contribution in [0, 0.1) is 0 Å². The van der Waals surface area contributed by atoms with Crippen LogP contribution in [0.3, 0.4) is 0 Å². The molecule has 2 aromatic rings. The van der Waals surface area contributed by atoms with Crippen molar-refractivity contribution in [2.24, 2.45) is 0 Å². The monoisotopic (exact) mass is 265 g/mol. The Labute approximate surface area is 122 Å². The van der Waals surface area contributed by atoms with E-state index in [0.29, 0.717) is 17.9 Å². The van der Waals surface area contributed by atoms with Gasteiger partial charge in [-0.25, -0.2) is 0 Å². The first-order valence-corrected chi connectivity index (χ1v) is 7.55. The summed E-state index contributed by atoms with van der Waals surface area (Å²) in [5.74, 6) is 1.21. The Balaban J connectivity index is 1.85. The molecule has 3 rings (SSSR count). The predicted molar refractivity (Wildman–Crippen MR) is 85.2 cm³/mol. The van der Waals surface area contributed by atoms with Crippen molar-refractivity contribution in [2.45, 2.75) is 38.1 Å². The topological polar surface area (TPSA) is 12.0 Å². The Hall–Kier alpha value is -1.60. The fourth-order valence-electron chi connectivity index (χ4n) is 3.28. The van der Waals surface area contributed by atoms with E-state index in [4.69, 9.17) is 0 Å². The van der Waals surface area contributed by atoms with Gasteiger partial charge in [-0.15, -0.1) is 0 Å². The Morgan fingerprint density at radius 1 is 0.950 bits per heavy atom. The Kier molecular flexibility index (Phi) is 3.62. The van der Waals surface area contributed by atoms with Gasteiger partial charge in [-0.1, -0.05) is 62.4 Å². The Morgan fingerprint density at radius 3 is 2.20 bits per heavy atom. The lowest BCUT2D eigenvalue weighted by molar-refractivity contribution is 0.439. The first-order chi connectivity index (χ1) is 9.70. The molecule has 2 aromatic carbocycles. The molecule has 0 saturated heterocycles. The molecule has 0 radical (unpaired) electrons. The maximum Gasteiger partial charge on any atom is 0.0390 e. The van der Waals surface area contributed by atoms with Gasteiger partial charge in [0, 0.05) is 12.0 Å². The summed E-state index contributed by atoms with van der Waals surface area (Å²) >= 11 is 0. The molecule has 2 atom stereocenters. The maximum atomic E-state index is 3.51. The summed E-state index contributed by atoms with van der Waals surface area (Å²) in [5, 5.41) is 3.51. The third-order valence-corrected chi connectivity index (χ3v) is 4.57. The highest BCUT2D eigenvalue weighted by molar-refractivity contribution is 5.43. The maximum absolute atomic E-state index is 3.51. The van der Waals surface area contributed by atoms with E-state index in [0.717, 1.165) is 0 Å². The lowest BCUT2D eigenvalue weighted by Crippen LogP contribution is -2.31. The summed E-state index contributed by atoms with van der Waals surface area (Å²) in [5.41, 5.74) is 5.84. The number of hydrogen-bond acceptors (Lipinski definition) is 1. The van der Waals surface area contributed by atoms with Gasteiger partial charge in [-0.2, -0.15) is 0 Å². The van der Waals surface area contributed by atoms with Gasteiger partial charge >= 0.3 is 0 Å². The fourth-order valence-corrected chi connectivity index (χ4v) is 3.28. The van der Waals surface area contributed by atoms with E-state index in [-0.39, 0.29) is 0 Å². The molecule has 1 heteroatoms. The number of rotatable bonds is 4. The molecule has 2 unspecified atom stereocenters. The Bertz CT molecular complexity index is 583. The van der Waals surface area contributed by atoms with E-state index in [1.54, 1.807) is 0 Å². The highest BCUT2D eigenvalue weighted by atomic mass is 14.9. The standard InChI is InChI=1S/C19H23N/c1-13(2)14-8-10-15(11-9-14)19(20-3)18-12-16-6-4-5-7-17(16)18/h4-11,13,18-20H,12H2,1-3H3. The molecule has 1 nitrogen and oxygen atoms in total. The average Bonchev–Trinajstić information content (AvgIpc) is 2.45. The molecule has 0 saturated carbocycles. The zero-order valence-corrected chi connectivity index (χ0v) is 12.6. The summed E-state index contributed by atoms with van der Waals surface area (Å²) in [6.45, 7) is 4.49. The van der Waals surface area contributed by atoms with Gasteiger partial charge in [0.15, 0.2) is 0 Å². The van der Waals surface area contributed by atoms with Gasteiger partial charge in [0.05, 0.1) is 0 Å². The van der Waals surface area contributed by atoms with Crippen LogP contribution in [0.25, 0.3) is 0 Å². The van der Waals surface area contributed by atoms with Crippen molar-refractivity contribution in [3.8, 4) is 0 Å². The highest BCUT2D eigenvalue weighted by Gasteiger charge is 2.32. The minimum atomic E-state index is 0.422. The quantitative estimate of drug-likeness (QED) is 0.863. The second-order valence-corrected chi connectivity index (χ2v) is 6.10. The van der Waals surface area contributed by atoms with Crippen LogP contribution in [0.2, 0.25) is 0 Å². The molecule has 0 aliphatic heterocycles. The first-order valence-electron chi connectivity index (χ1n) is 7.55. The predicted octanol–water partition coefficient (Wildman–Crippen LogP) is 4.41. The molecular weight excluding hydrogens is 242 g/mol. The molecule has 0 aromatic heterocycles. The Morgan fingerprint density at radius 2 is 1.60 bits per heavy atom. The van der Waals surface area contributed by atoms with Gasteiger partial charge in [0.25, 0.3) is 0 Å². The van der Waals surface area contributed by atoms with Crippen molar-refractivity contribution in [3.05, 3.63) is 70.8 Å². The minimum absolute atomic E-state index is 0.422. The molecule has 0 spiro atoms. The van der Waals surface area contributed by atoms with Crippen molar-refractivity contribution in [1.29, 1.82) is 0 Å². The smallest absolute Gasteiger partial charge is 0.0390 e. The van der Waals surface area contributed by atoms with Crippen LogP contribution in [0.15, 0.2) is 48.5 Å². The second-order valence-electron chi connectivity index (χ2n) is 6.10. The van der Waals surface area contributed by atoms with Crippen LogP contribution in [-0.2, 0) is 6.42 Å². The molecule has 1 aliphatic carbocycles. The molecular formula is C19H23N. The summed E-state index contributed by atoms with van der Waals surface area (Å²) in [7, 11) is 2.07. The minimum Gasteiger partial charge on any atom is -0.312 e. The zero-order valence-electron chi connectivity index (χ0n) is 12.6.